The molecule has 7 nitrogen and oxygen atoms in total. The van der Waals surface area contributed by atoms with Crippen LogP contribution in [0.25, 0.3) is 0 Å². The van der Waals surface area contributed by atoms with Crippen molar-refractivity contribution in [3.63, 3.8) is 0 Å². The lowest BCUT2D eigenvalue weighted by atomic mass is 10.4. The van der Waals surface area contributed by atoms with Crippen LogP contribution in [0.4, 0.5) is 0 Å². The van der Waals surface area contributed by atoms with E-state index in [9.17, 15) is 8.42 Å². The van der Waals surface area contributed by atoms with E-state index in [4.69, 9.17) is 0 Å². The smallest absolute Gasteiger partial charge is 0.215 e. The number of fused-ring (bicyclic) bond motifs is 1. The largest absolute Gasteiger partial charge is 0.315 e. The van der Waals surface area contributed by atoms with E-state index in [0.29, 0.717) is 38.0 Å². The number of sulfonamides is 1. The van der Waals surface area contributed by atoms with Crippen molar-refractivity contribution < 1.29 is 8.42 Å². The van der Waals surface area contributed by atoms with Crippen LogP contribution in [-0.2, 0) is 23.1 Å². The molecule has 0 unspecified atom stereocenters. The Hall–Kier alpha value is -0.990. The van der Waals surface area contributed by atoms with Crippen molar-refractivity contribution in [3.8, 4) is 0 Å². The second-order valence-electron chi connectivity index (χ2n) is 4.70. The first kappa shape index (κ1) is 13.4. The van der Waals surface area contributed by atoms with Gasteiger partial charge in [-0.2, -0.15) is 4.31 Å². The van der Waals surface area contributed by atoms with Crippen LogP contribution in [0, 0.1) is 0 Å². The lowest BCUT2D eigenvalue weighted by molar-refractivity contribution is 0.335. The van der Waals surface area contributed by atoms with Gasteiger partial charge in [0.1, 0.15) is 12.2 Å². The van der Waals surface area contributed by atoms with Crippen LogP contribution >= 0.6 is 0 Å². The summed E-state index contributed by atoms with van der Waals surface area (Å²) in [6.45, 7) is 5.91. The van der Waals surface area contributed by atoms with E-state index in [1.54, 1.807) is 6.33 Å². The van der Waals surface area contributed by atoms with Crippen LogP contribution in [0.5, 0.6) is 0 Å². The Morgan fingerprint density at radius 3 is 2.94 bits per heavy atom. The summed E-state index contributed by atoms with van der Waals surface area (Å²) in [5.74, 6) is 0.834. The molecule has 18 heavy (non-hydrogen) atoms. The molecule has 1 aliphatic heterocycles. The molecular formula is C10H19N5O2S. The third-order valence-corrected chi connectivity index (χ3v) is 4.73. The quantitative estimate of drug-likeness (QED) is 0.776. The molecule has 1 N–H and O–H groups in total. The SMILES string of the molecule is CC(C)NCCS(=O)(=O)N1CCn2cnnc2C1. The van der Waals surface area contributed by atoms with Crippen molar-refractivity contribution in [2.75, 3.05) is 18.8 Å². The number of nitrogens with one attached hydrogen (secondary N) is 1. The van der Waals surface area contributed by atoms with Crippen LogP contribution in [0.3, 0.4) is 0 Å². The van der Waals surface area contributed by atoms with Gasteiger partial charge in [-0.05, 0) is 0 Å². The van der Waals surface area contributed by atoms with Crippen molar-refractivity contribution >= 4 is 10.0 Å². The molecule has 0 bridgehead atoms. The van der Waals surface area contributed by atoms with E-state index in [0.717, 1.165) is 0 Å². The van der Waals surface area contributed by atoms with Gasteiger partial charge in [0.2, 0.25) is 10.0 Å². The number of hydrogen-bond acceptors (Lipinski definition) is 5. The molecule has 1 aliphatic rings. The molecule has 102 valence electrons. The highest BCUT2D eigenvalue weighted by Crippen LogP contribution is 2.13. The lowest BCUT2D eigenvalue weighted by Gasteiger charge is -2.26. The highest BCUT2D eigenvalue weighted by Gasteiger charge is 2.27. The van der Waals surface area contributed by atoms with Gasteiger partial charge in [0.05, 0.1) is 12.3 Å². The van der Waals surface area contributed by atoms with Crippen molar-refractivity contribution in [1.29, 1.82) is 0 Å². The Bertz CT molecular complexity index is 496. The molecule has 8 heteroatoms. The maximum Gasteiger partial charge on any atom is 0.215 e. The van der Waals surface area contributed by atoms with Crippen LogP contribution in [-0.4, -0.2) is 52.4 Å². The van der Waals surface area contributed by atoms with Crippen LogP contribution in [0.2, 0.25) is 0 Å². The van der Waals surface area contributed by atoms with E-state index >= 15 is 0 Å². The Balaban J connectivity index is 1.95. The summed E-state index contributed by atoms with van der Waals surface area (Å²) in [5, 5.41) is 10.8. The highest BCUT2D eigenvalue weighted by atomic mass is 32.2. The fourth-order valence-corrected chi connectivity index (χ4v) is 3.19. The average molecular weight is 273 g/mol. The zero-order valence-electron chi connectivity index (χ0n) is 10.7. The minimum absolute atomic E-state index is 0.124. The van der Waals surface area contributed by atoms with Gasteiger partial charge in [-0.15, -0.1) is 10.2 Å². The third-order valence-electron chi connectivity index (χ3n) is 2.91. The summed E-state index contributed by atoms with van der Waals surface area (Å²) in [4.78, 5) is 0. The minimum atomic E-state index is -3.21. The predicted octanol–water partition coefficient (Wildman–Crippen LogP) is -0.578. The molecule has 0 radical (unpaired) electrons. The molecule has 2 heterocycles. The minimum Gasteiger partial charge on any atom is -0.315 e. The lowest BCUT2D eigenvalue weighted by Crippen LogP contribution is -2.41. The average Bonchev–Trinajstić information content (AvgIpc) is 2.74. The Morgan fingerprint density at radius 1 is 1.44 bits per heavy atom. The molecule has 0 fully saturated rings. The number of nitrogens with zero attached hydrogens (tertiary/aromatic N) is 4. The van der Waals surface area contributed by atoms with Gasteiger partial charge in [-0.1, -0.05) is 13.8 Å². The van der Waals surface area contributed by atoms with Crippen molar-refractivity contribution in [2.45, 2.75) is 33.0 Å². The van der Waals surface area contributed by atoms with Crippen LogP contribution < -0.4 is 5.32 Å². The monoisotopic (exact) mass is 273 g/mol. The second kappa shape index (κ2) is 5.33. The van der Waals surface area contributed by atoms with E-state index in [1.165, 1.54) is 4.31 Å². The standard InChI is InChI=1S/C10H19N5O2S/c1-9(2)11-3-6-18(16,17)15-5-4-14-8-12-13-10(14)7-15/h8-9,11H,3-7H2,1-2H3. The summed E-state index contributed by atoms with van der Waals surface area (Å²) in [7, 11) is -3.21. The molecule has 0 saturated carbocycles. The van der Waals surface area contributed by atoms with Gasteiger partial charge in [-0.3, -0.25) is 0 Å². The first-order valence-corrected chi connectivity index (χ1v) is 7.68. The van der Waals surface area contributed by atoms with Gasteiger partial charge in [0, 0.05) is 25.7 Å². The topological polar surface area (TPSA) is 80.1 Å². The fourth-order valence-electron chi connectivity index (χ4n) is 1.89. The summed E-state index contributed by atoms with van der Waals surface area (Å²) in [5.41, 5.74) is 0. The van der Waals surface area contributed by atoms with Crippen molar-refractivity contribution in [2.24, 2.45) is 0 Å². The Kier molecular flexibility index (Phi) is 3.98. The third kappa shape index (κ3) is 3.06. The Morgan fingerprint density at radius 2 is 2.22 bits per heavy atom. The van der Waals surface area contributed by atoms with Gasteiger partial charge < -0.3 is 9.88 Å². The molecule has 0 spiro atoms. The molecule has 0 amide bonds. The highest BCUT2D eigenvalue weighted by molar-refractivity contribution is 7.89. The first-order chi connectivity index (χ1) is 8.49. The van der Waals surface area contributed by atoms with E-state index < -0.39 is 10.0 Å². The van der Waals surface area contributed by atoms with Crippen LogP contribution in [0.15, 0.2) is 6.33 Å². The summed E-state index contributed by atoms with van der Waals surface area (Å²) in [6, 6.07) is 0.296. The van der Waals surface area contributed by atoms with Gasteiger partial charge in [0.15, 0.2) is 0 Å². The van der Waals surface area contributed by atoms with Gasteiger partial charge >= 0.3 is 0 Å². The molecule has 0 saturated heterocycles. The van der Waals surface area contributed by atoms with E-state index in [2.05, 4.69) is 15.5 Å². The summed E-state index contributed by atoms with van der Waals surface area (Å²) >= 11 is 0. The molecule has 0 aliphatic carbocycles. The maximum absolute atomic E-state index is 12.1. The zero-order chi connectivity index (χ0) is 13.2. The van der Waals surface area contributed by atoms with Crippen molar-refractivity contribution in [3.05, 3.63) is 12.2 Å². The number of hydrogen-bond donors (Lipinski definition) is 1. The van der Waals surface area contributed by atoms with Gasteiger partial charge in [-0.25, -0.2) is 8.42 Å². The fraction of sp³-hybridized carbons (Fsp3) is 0.800. The zero-order valence-corrected chi connectivity index (χ0v) is 11.5. The normalized spacial score (nSPS) is 17.1. The molecule has 0 atom stereocenters. The van der Waals surface area contributed by atoms with Crippen LogP contribution in [0.1, 0.15) is 19.7 Å². The second-order valence-corrected chi connectivity index (χ2v) is 6.79. The molecule has 2 rings (SSSR count). The van der Waals surface area contributed by atoms with E-state index in [-0.39, 0.29) is 5.75 Å². The molecule has 1 aromatic rings. The number of rotatable bonds is 5. The maximum atomic E-state index is 12.1. The molecule has 1 aromatic heterocycles. The molecule has 0 aromatic carbocycles. The predicted molar refractivity (Wildman–Crippen MR) is 67.4 cm³/mol. The number of aromatic nitrogens is 3. The van der Waals surface area contributed by atoms with Gasteiger partial charge in [0.25, 0.3) is 0 Å². The van der Waals surface area contributed by atoms with Crippen molar-refractivity contribution in [1.82, 2.24) is 24.4 Å². The first-order valence-electron chi connectivity index (χ1n) is 6.07. The Labute approximate surface area is 107 Å². The summed E-state index contributed by atoms with van der Waals surface area (Å²) in [6.07, 6.45) is 1.64. The summed E-state index contributed by atoms with van der Waals surface area (Å²) < 4.78 is 27.6. The van der Waals surface area contributed by atoms with E-state index in [1.807, 2.05) is 18.4 Å². The molecular weight excluding hydrogens is 254 g/mol.